The Balaban J connectivity index is 1.74. The van der Waals surface area contributed by atoms with Gasteiger partial charge in [0.2, 0.25) is 0 Å². The van der Waals surface area contributed by atoms with Crippen LogP contribution in [0, 0.1) is 11.7 Å². The Bertz CT molecular complexity index is 571. The molecule has 1 aliphatic rings. The summed E-state index contributed by atoms with van der Waals surface area (Å²) in [7, 11) is 3.46. The Morgan fingerprint density at radius 1 is 1.44 bits per heavy atom. The van der Waals surface area contributed by atoms with Gasteiger partial charge in [-0.1, -0.05) is 15.9 Å². The van der Waals surface area contributed by atoms with Crippen molar-refractivity contribution in [2.45, 2.75) is 12.8 Å². The topological polar surface area (TPSA) is 46.1 Å². The van der Waals surface area contributed by atoms with Crippen LogP contribution in [0.4, 0.5) is 4.39 Å². The van der Waals surface area contributed by atoms with E-state index in [1.807, 2.05) is 6.07 Å². The molecule has 1 saturated heterocycles. The van der Waals surface area contributed by atoms with E-state index < -0.39 is 0 Å². The summed E-state index contributed by atoms with van der Waals surface area (Å²) in [5.74, 6) is 1.21. The first-order valence-corrected chi connectivity index (χ1v) is 9.39. The summed E-state index contributed by atoms with van der Waals surface area (Å²) < 4.78 is 25.3. The number of methoxy groups -OCH3 is 1. The van der Waals surface area contributed by atoms with Gasteiger partial charge in [0.05, 0.1) is 19.8 Å². The van der Waals surface area contributed by atoms with Crippen molar-refractivity contribution in [3.05, 3.63) is 34.1 Å². The molecule has 1 aromatic rings. The van der Waals surface area contributed by atoms with E-state index in [4.69, 9.17) is 9.47 Å². The monoisotopic (exact) mass is 415 g/mol. The Morgan fingerprint density at radius 3 is 3.04 bits per heavy atom. The smallest absolute Gasteiger partial charge is 0.193 e. The van der Waals surface area contributed by atoms with Gasteiger partial charge in [-0.15, -0.1) is 0 Å². The van der Waals surface area contributed by atoms with E-state index in [1.54, 1.807) is 20.2 Å². The highest BCUT2D eigenvalue weighted by Crippen LogP contribution is 2.17. The molecular weight excluding hydrogens is 389 g/mol. The largest absolute Gasteiger partial charge is 0.382 e. The Hall–Kier alpha value is -1.18. The Labute approximate surface area is 157 Å². The van der Waals surface area contributed by atoms with Gasteiger partial charge in [0, 0.05) is 44.2 Å². The molecule has 1 atom stereocenters. The minimum atomic E-state index is -0.172. The number of ether oxygens (including phenoxy) is 2. The van der Waals surface area contributed by atoms with Crippen LogP contribution in [-0.2, 0) is 15.9 Å². The van der Waals surface area contributed by atoms with Gasteiger partial charge in [0.25, 0.3) is 0 Å². The zero-order valence-electron chi connectivity index (χ0n) is 14.9. The number of benzene rings is 1. The maximum absolute atomic E-state index is 13.8. The van der Waals surface area contributed by atoms with E-state index >= 15 is 0 Å². The highest BCUT2D eigenvalue weighted by atomic mass is 79.9. The molecule has 1 fully saturated rings. The van der Waals surface area contributed by atoms with Crippen molar-refractivity contribution < 1.29 is 13.9 Å². The molecule has 5 nitrogen and oxygen atoms in total. The quantitative estimate of drug-likeness (QED) is 0.402. The first-order valence-electron chi connectivity index (χ1n) is 8.60. The average Bonchev–Trinajstić information content (AvgIpc) is 3.07. The van der Waals surface area contributed by atoms with Crippen LogP contribution in [0.1, 0.15) is 12.0 Å². The van der Waals surface area contributed by atoms with Gasteiger partial charge in [-0.05, 0) is 36.6 Å². The lowest BCUT2D eigenvalue weighted by atomic mass is 10.1. The van der Waals surface area contributed by atoms with Crippen molar-refractivity contribution >= 4 is 21.9 Å². The number of aliphatic imine (C=N–C) groups is 1. The zero-order valence-corrected chi connectivity index (χ0v) is 16.5. The van der Waals surface area contributed by atoms with E-state index in [1.165, 1.54) is 6.07 Å². The molecule has 0 bridgehead atoms. The molecule has 0 spiro atoms. The Morgan fingerprint density at radius 2 is 2.28 bits per heavy atom. The van der Waals surface area contributed by atoms with Crippen LogP contribution in [-0.4, -0.2) is 64.5 Å². The number of nitrogens with zero attached hydrogens (tertiary/aromatic N) is 2. The first kappa shape index (κ1) is 20.1. The number of nitrogens with one attached hydrogen (secondary N) is 1. The van der Waals surface area contributed by atoms with Crippen molar-refractivity contribution in [2.24, 2.45) is 10.9 Å². The lowest BCUT2D eigenvalue weighted by Crippen LogP contribution is -2.41. The molecule has 1 heterocycles. The fourth-order valence-electron chi connectivity index (χ4n) is 2.93. The molecule has 7 heteroatoms. The lowest BCUT2D eigenvalue weighted by molar-refractivity contribution is 0.0536. The first-order chi connectivity index (χ1) is 12.1. The molecule has 0 radical (unpaired) electrons. The number of guanidine groups is 1. The molecule has 0 aromatic heterocycles. The minimum absolute atomic E-state index is 0.172. The summed E-state index contributed by atoms with van der Waals surface area (Å²) in [5.41, 5.74) is 0.697. The second-order valence-corrected chi connectivity index (χ2v) is 7.04. The van der Waals surface area contributed by atoms with Crippen LogP contribution >= 0.6 is 15.9 Å². The minimum Gasteiger partial charge on any atom is -0.382 e. The zero-order chi connectivity index (χ0) is 18.1. The van der Waals surface area contributed by atoms with Gasteiger partial charge in [-0.2, -0.15) is 0 Å². The van der Waals surface area contributed by atoms with E-state index in [9.17, 15) is 4.39 Å². The molecule has 0 amide bonds. The van der Waals surface area contributed by atoms with Crippen molar-refractivity contribution in [3.63, 3.8) is 0 Å². The molecule has 1 aromatic carbocycles. The summed E-state index contributed by atoms with van der Waals surface area (Å²) >= 11 is 3.38. The van der Waals surface area contributed by atoms with Crippen LogP contribution in [0.5, 0.6) is 0 Å². The molecule has 25 heavy (non-hydrogen) atoms. The third-order valence-corrected chi connectivity index (χ3v) is 4.76. The SMILES string of the molecule is CN=C(NCCc1cc(Br)ccc1F)N1CCC(COCCOC)C1. The summed E-state index contributed by atoms with van der Waals surface area (Å²) in [5, 5.41) is 3.34. The van der Waals surface area contributed by atoms with Gasteiger partial charge in [0.1, 0.15) is 5.82 Å². The normalized spacial score (nSPS) is 18.0. The highest BCUT2D eigenvalue weighted by Gasteiger charge is 2.24. The predicted octanol–water partition coefficient (Wildman–Crippen LogP) is 2.69. The van der Waals surface area contributed by atoms with E-state index in [-0.39, 0.29) is 5.82 Å². The van der Waals surface area contributed by atoms with Crippen molar-refractivity contribution in [2.75, 3.05) is 53.6 Å². The summed E-state index contributed by atoms with van der Waals surface area (Å²) in [4.78, 5) is 6.59. The summed E-state index contributed by atoms with van der Waals surface area (Å²) in [6, 6.07) is 5.02. The van der Waals surface area contributed by atoms with Gasteiger partial charge in [-0.25, -0.2) is 4.39 Å². The molecule has 1 N–H and O–H groups in total. The second-order valence-electron chi connectivity index (χ2n) is 6.13. The van der Waals surface area contributed by atoms with Crippen molar-refractivity contribution in [1.82, 2.24) is 10.2 Å². The van der Waals surface area contributed by atoms with E-state index in [0.29, 0.717) is 37.7 Å². The van der Waals surface area contributed by atoms with Crippen LogP contribution in [0.25, 0.3) is 0 Å². The second kappa shape index (κ2) is 10.7. The van der Waals surface area contributed by atoms with E-state index in [2.05, 4.69) is 31.1 Å². The van der Waals surface area contributed by atoms with Crippen LogP contribution in [0.15, 0.2) is 27.7 Å². The van der Waals surface area contributed by atoms with Gasteiger partial charge < -0.3 is 19.7 Å². The van der Waals surface area contributed by atoms with Crippen LogP contribution in [0.2, 0.25) is 0 Å². The number of likely N-dealkylation sites (tertiary alicyclic amines) is 1. The molecule has 1 aliphatic heterocycles. The highest BCUT2D eigenvalue weighted by molar-refractivity contribution is 9.10. The van der Waals surface area contributed by atoms with Crippen molar-refractivity contribution in [1.29, 1.82) is 0 Å². The van der Waals surface area contributed by atoms with Crippen LogP contribution in [0.3, 0.4) is 0 Å². The Kier molecular flexibility index (Phi) is 8.64. The maximum Gasteiger partial charge on any atom is 0.193 e. The number of hydrogen-bond acceptors (Lipinski definition) is 3. The average molecular weight is 416 g/mol. The summed E-state index contributed by atoms with van der Waals surface area (Å²) in [6.07, 6.45) is 1.70. The fraction of sp³-hybridized carbons (Fsp3) is 0.611. The molecule has 2 rings (SSSR count). The maximum atomic E-state index is 13.8. The fourth-order valence-corrected chi connectivity index (χ4v) is 3.34. The number of rotatable bonds is 8. The lowest BCUT2D eigenvalue weighted by Gasteiger charge is -2.22. The predicted molar refractivity (Wildman–Crippen MR) is 102 cm³/mol. The van der Waals surface area contributed by atoms with Gasteiger partial charge in [-0.3, -0.25) is 4.99 Å². The molecule has 140 valence electrons. The number of hydrogen-bond donors (Lipinski definition) is 1. The van der Waals surface area contributed by atoms with Gasteiger partial charge in [0.15, 0.2) is 5.96 Å². The molecule has 0 saturated carbocycles. The standard InChI is InChI=1S/C18H27BrFN3O2/c1-21-18(22-7-5-15-11-16(19)3-4-17(15)20)23-8-6-14(12-23)13-25-10-9-24-2/h3-4,11,14H,5-10,12-13H2,1-2H3,(H,21,22). The molecule has 0 aliphatic carbocycles. The summed E-state index contributed by atoms with van der Waals surface area (Å²) in [6.45, 7) is 4.55. The van der Waals surface area contributed by atoms with Crippen LogP contribution < -0.4 is 5.32 Å². The number of halogens is 2. The van der Waals surface area contributed by atoms with Gasteiger partial charge >= 0.3 is 0 Å². The van der Waals surface area contributed by atoms with Crippen molar-refractivity contribution in [3.8, 4) is 0 Å². The molecule has 1 unspecified atom stereocenters. The van der Waals surface area contributed by atoms with E-state index in [0.717, 1.165) is 36.5 Å². The third-order valence-electron chi connectivity index (χ3n) is 4.27. The molecular formula is C18H27BrFN3O2. The third kappa shape index (κ3) is 6.56.